The molecule has 0 bridgehead atoms. The second kappa shape index (κ2) is 17.7. The van der Waals surface area contributed by atoms with Crippen LogP contribution in [0.25, 0.3) is 0 Å². The Morgan fingerprint density at radius 3 is 1.73 bits per heavy atom. The lowest BCUT2D eigenvalue weighted by molar-refractivity contribution is -0.00524. The van der Waals surface area contributed by atoms with Crippen molar-refractivity contribution in [1.82, 2.24) is 9.80 Å². The first-order valence-electron chi connectivity index (χ1n) is 9.76. The molecule has 0 saturated carbocycles. The summed E-state index contributed by atoms with van der Waals surface area (Å²) >= 11 is 0. The number of ether oxygens (including phenoxy) is 4. The Balaban J connectivity index is 1.73. The summed E-state index contributed by atoms with van der Waals surface area (Å²) in [6.07, 6.45) is 7.37. The average Bonchev–Trinajstić information content (AvgIpc) is 2.66. The zero-order valence-corrected chi connectivity index (χ0v) is 16.2. The van der Waals surface area contributed by atoms with Crippen LogP contribution in [0.5, 0.6) is 0 Å². The number of piperazine rings is 1. The van der Waals surface area contributed by atoms with Gasteiger partial charge in [-0.25, -0.2) is 0 Å². The van der Waals surface area contributed by atoms with Crippen LogP contribution >= 0.6 is 0 Å². The van der Waals surface area contributed by atoms with Gasteiger partial charge in [0.05, 0.1) is 52.8 Å². The molecule has 1 heterocycles. The Hall–Kier alpha value is -0.720. The molecular formula is C19H37N3O4. The smallest absolute Gasteiger partial charge is 0.0701 e. The molecule has 1 rings (SSSR count). The molecule has 0 amide bonds. The van der Waals surface area contributed by atoms with Crippen LogP contribution in [0.4, 0.5) is 0 Å². The molecule has 0 atom stereocenters. The van der Waals surface area contributed by atoms with Crippen molar-refractivity contribution < 1.29 is 18.9 Å². The summed E-state index contributed by atoms with van der Waals surface area (Å²) in [5.41, 5.74) is 5.41. The van der Waals surface area contributed by atoms with Gasteiger partial charge in [0.2, 0.25) is 0 Å². The fourth-order valence-electron chi connectivity index (χ4n) is 2.60. The van der Waals surface area contributed by atoms with Crippen molar-refractivity contribution >= 4 is 0 Å². The lowest BCUT2D eigenvalue weighted by Gasteiger charge is -2.33. The van der Waals surface area contributed by atoms with Crippen LogP contribution in [0.15, 0.2) is 0 Å². The Bertz CT molecular complexity index is 344. The number of hydrogen-bond acceptors (Lipinski definition) is 7. The van der Waals surface area contributed by atoms with E-state index in [-0.39, 0.29) is 0 Å². The highest BCUT2D eigenvalue weighted by atomic mass is 16.6. The molecule has 0 aromatic heterocycles. The number of terminal acetylenes is 1. The molecule has 7 nitrogen and oxygen atoms in total. The van der Waals surface area contributed by atoms with Crippen LogP contribution in [0, 0.1) is 12.3 Å². The number of hydrogen-bond donors (Lipinski definition) is 1. The van der Waals surface area contributed by atoms with Crippen LogP contribution in [0.1, 0.15) is 12.8 Å². The van der Waals surface area contributed by atoms with Crippen molar-refractivity contribution in [1.29, 1.82) is 0 Å². The minimum absolute atomic E-state index is 0.591. The van der Waals surface area contributed by atoms with Crippen molar-refractivity contribution in [2.45, 2.75) is 12.8 Å². The highest BCUT2D eigenvalue weighted by molar-refractivity contribution is 4.89. The van der Waals surface area contributed by atoms with Crippen molar-refractivity contribution in [3.63, 3.8) is 0 Å². The molecular weight excluding hydrogens is 334 g/mol. The fourth-order valence-corrected chi connectivity index (χ4v) is 2.60. The summed E-state index contributed by atoms with van der Waals surface area (Å²) in [5, 5.41) is 0. The van der Waals surface area contributed by atoms with Crippen LogP contribution in [-0.2, 0) is 18.9 Å². The van der Waals surface area contributed by atoms with Gasteiger partial charge in [-0.15, -0.1) is 6.42 Å². The van der Waals surface area contributed by atoms with E-state index >= 15 is 0 Å². The maximum absolute atomic E-state index is 5.62. The third-order valence-electron chi connectivity index (χ3n) is 4.19. The zero-order chi connectivity index (χ0) is 18.7. The Kier molecular flexibility index (Phi) is 15.9. The van der Waals surface area contributed by atoms with Crippen LogP contribution in [0.3, 0.4) is 0 Å². The number of unbranched alkanes of at least 4 members (excludes halogenated alkanes) is 1. The predicted octanol–water partition coefficient (Wildman–Crippen LogP) is 0.0425. The van der Waals surface area contributed by atoms with Crippen molar-refractivity contribution in [3.05, 3.63) is 0 Å². The summed E-state index contributed by atoms with van der Waals surface area (Å²) in [6, 6.07) is 0. The molecule has 0 aliphatic carbocycles. The van der Waals surface area contributed by atoms with E-state index in [1.807, 2.05) is 0 Å². The number of nitrogens with two attached hydrogens (primary N) is 1. The lowest BCUT2D eigenvalue weighted by atomic mass is 10.3. The van der Waals surface area contributed by atoms with E-state index in [4.69, 9.17) is 31.1 Å². The molecule has 1 fully saturated rings. The van der Waals surface area contributed by atoms with E-state index in [9.17, 15) is 0 Å². The van der Waals surface area contributed by atoms with Gasteiger partial charge in [0.25, 0.3) is 0 Å². The van der Waals surface area contributed by atoms with Gasteiger partial charge in [0, 0.05) is 39.3 Å². The predicted molar refractivity (Wildman–Crippen MR) is 103 cm³/mol. The number of rotatable bonds is 17. The molecule has 7 heteroatoms. The van der Waals surface area contributed by atoms with Crippen LogP contribution in [-0.4, -0.2) is 108 Å². The maximum Gasteiger partial charge on any atom is 0.0701 e. The highest BCUT2D eigenvalue weighted by Gasteiger charge is 2.15. The van der Waals surface area contributed by atoms with Gasteiger partial charge in [0.15, 0.2) is 0 Å². The summed E-state index contributed by atoms with van der Waals surface area (Å²) < 4.78 is 22.0. The average molecular weight is 372 g/mol. The summed E-state index contributed by atoms with van der Waals surface area (Å²) in [4.78, 5) is 4.72. The Morgan fingerprint density at radius 2 is 1.19 bits per heavy atom. The molecule has 152 valence electrons. The van der Waals surface area contributed by atoms with Crippen LogP contribution in [0.2, 0.25) is 0 Å². The van der Waals surface area contributed by atoms with E-state index in [2.05, 4.69) is 15.7 Å². The fraction of sp³-hybridized carbons (Fsp3) is 0.895. The van der Waals surface area contributed by atoms with Crippen molar-refractivity contribution in [2.24, 2.45) is 5.73 Å². The molecule has 0 aromatic carbocycles. The zero-order valence-electron chi connectivity index (χ0n) is 16.2. The van der Waals surface area contributed by atoms with Gasteiger partial charge in [-0.05, 0) is 19.4 Å². The van der Waals surface area contributed by atoms with Gasteiger partial charge in [-0.2, -0.15) is 0 Å². The third-order valence-corrected chi connectivity index (χ3v) is 4.19. The Labute approximate surface area is 159 Å². The maximum atomic E-state index is 5.62. The topological polar surface area (TPSA) is 69.4 Å². The SMILES string of the molecule is C#CCN1CCN(CCOCCOCCOCCOCCCCN)CC1. The molecule has 0 unspecified atom stereocenters. The summed E-state index contributed by atoms with van der Waals surface area (Å²) in [5.74, 6) is 2.70. The van der Waals surface area contributed by atoms with Gasteiger partial charge in [0.1, 0.15) is 0 Å². The van der Waals surface area contributed by atoms with Gasteiger partial charge < -0.3 is 24.7 Å². The third kappa shape index (κ3) is 13.5. The second-order valence-corrected chi connectivity index (χ2v) is 6.27. The quantitative estimate of drug-likeness (QED) is 0.286. The monoisotopic (exact) mass is 371 g/mol. The largest absolute Gasteiger partial charge is 0.379 e. The van der Waals surface area contributed by atoms with Crippen molar-refractivity contribution in [2.75, 3.05) is 98.7 Å². The van der Waals surface area contributed by atoms with E-state index in [0.29, 0.717) is 39.6 Å². The first-order chi connectivity index (χ1) is 12.9. The number of nitrogens with zero attached hydrogens (tertiary/aromatic N) is 2. The molecule has 26 heavy (non-hydrogen) atoms. The molecule has 2 N–H and O–H groups in total. The van der Waals surface area contributed by atoms with E-state index in [1.165, 1.54) is 0 Å². The molecule has 0 aromatic rings. The van der Waals surface area contributed by atoms with Gasteiger partial charge >= 0.3 is 0 Å². The first kappa shape index (κ1) is 23.3. The molecule has 1 aliphatic heterocycles. The molecule has 1 aliphatic rings. The van der Waals surface area contributed by atoms with Gasteiger partial charge in [-0.1, -0.05) is 5.92 Å². The second-order valence-electron chi connectivity index (χ2n) is 6.27. The minimum Gasteiger partial charge on any atom is -0.379 e. The summed E-state index contributed by atoms with van der Waals surface area (Å²) in [7, 11) is 0. The van der Waals surface area contributed by atoms with E-state index in [1.54, 1.807) is 0 Å². The Morgan fingerprint density at radius 1 is 0.692 bits per heavy atom. The summed E-state index contributed by atoms with van der Waals surface area (Å²) in [6.45, 7) is 11.8. The van der Waals surface area contributed by atoms with Crippen molar-refractivity contribution in [3.8, 4) is 12.3 Å². The molecule has 0 spiro atoms. The highest BCUT2D eigenvalue weighted by Crippen LogP contribution is 2.00. The van der Waals surface area contributed by atoms with E-state index < -0.39 is 0 Å². The first-order valence-corrected chi connectivity index (χ1v) is 9.76. The minimum atomic E-state index is 0.591. The standard InChI is InChI=1S/C19H37N3O4/c1-2-6-21-7-9-22(10-8-21)11-13-24-15-17-26-19-18-25-16-14-23-12-4-3-5-20/h1H,3-20H2. The van der Waals surface area contributed by atoms with E-state index in [0.717, 1.165) is 71.9 Å². The van der Waals surface area contributed by atoms with Gasteiger partial charge in [-0.3, -0.25) is 9.80 Å². The molecule has 1 saturated heterocycles. The normalized spacial score (nSPS) is 16.0. The lowest BCUT2D eigenvalue weighted by Crippen LogP contribution is -2.47. The van der Waals surface area contributed by atoms with Crippen LogP contribution < -0.4 is 5.73 Å². The molecule has 0 radical (unpaired) electrons.